The zero-order valence-electron chi connectivity index (χ0n) is 15.1. The van der Waals surface area contributed by atoms with Crippen molar-refractivity contribution in [2.75, 3.05) is 0 Å². The van der Waals surface area contributed by atoms with E-state index in [1.165, 1.54) is 12.8 Å². The SMILES string of the molecule is CC(C(C(=O)O)=C(C(=O)O)C(C)C1CCCCC1)C1CCCCC1. The molecule has 4 heteroatoms. The molecule has 4 nitrogen and oxygen atoms in total. The summed E-state index contributed by atoms with van der Waals surface area (Å²) in [5.74, 6) is -1.82. The molecule has 0 bridgehead atoms. The first-order valence-corrected chi connectivity index (χ1v) is 9.64. The fourth-order valence-corrected chi connectivity index (χ4v) is 4.85. The summed E-state index contributed by atoms with van der Waals surface area (Å²) in [6.07, 6.45) is 11.0. The summed E-state index contributed by atoms with van der Waals surface area (Å²) < 4.78 is 0. The van der Waals surface area contributed by atoms with Gasteiger partial charge >= 0.3 is 11.9 Å². The normalized spacial score (nSPS) is 24.1. The van der Waals surface area contributed by atoms with Crippen LogP contribution in [0.3, 0.4) is 0 Å². The highest BCUT2D eigenvalue weighted by Crippen LogP contribution is 2.39. The number of carboxylic acids is 2. The molecule has 0 amide bonds. The predicted octanol–water partition coefficient (Wildman–Crippen LogP) is 4.89. The van der Waals surface area contributed by atoms with Crippen molar-refractivity contribution in [3.8, 4) is 0 Å². The van der Waals surface area contributed by atoms with Gasteiger partial charge in [-0.2, -0.15) is 0 Å². The molecule has 0 aromatic rings. The van der Waals surface area contributed by atoms with Gasteiger partial charge in [0.2, 0.25) is 0 Å². The molecule has 136 valence electrons. The third-order valence-corrected chi connectivity index (χ3v) is 6.38. The zero-order chi connectivity index (χ0) is 17.7. The summed E-state index contributed by atoms with van der Waals surface area (Å²) in [6.45, 7) is 3.85. The third-order valence-electron chi connectivity index (χ3n) is 6.38. The van der Waals surface area contributed by atoms with E-state index in [1.54, 1.807) is 0 Å². The van der Waals surface area contributed by atoms with Gasteiger partial charge in [0, 0.05) is 0 Å². The summed E-state index contributed by atoms with van der Waals surface area (Å²) in [5, 5.41) is 19.6. The van der Waals surface area contributed by atoms with Crippen molar-refractivity contribution in [2.45, 2.75) is 78.1 Å². The van der Waals surface area contributed by atoms with Crippen LogP contribution in [0.25, 0.3) is 0 Å². The minimum Gasteiger partial charge on any atom is -0.478 e. The molecule has 2 N–H and O–H groups in total. The van der Waals surface area contributed by atoms with Gasteiger partial charge < -0.3 is 10.2 Å². The highest BCUT2D eigenvalue weighted by atomic mass is 16.4. The Morgan fingerprint density at radius 1 is 0.667 bits per heavy atom. The van der Waals surface area contributed by atoms with Crippen molar-refractivity contribution in [2.24, 2.45) is 23.7 Å². The number of aliphatic carboxylic acids is 2. The minimum absolute atomic E-state index is 0.174. The standard InChI is InChI=1S/C20H32O4/c1-13(15-9-5-3-6-10-15)17(19(21)22)18(20(23)24)14(2)16-11-7-4-8-12-16/h13-16H,3-12H2,1-2H3,(H,21,22)(H,23,24). The van der Waals surface area contributed by atoms with Gasteiger partial charge in [0.1, 0.15) is 0 Å². The molecule has 0 heterocycles. The predicted molar refractivity (Wildman–Crippen MR) is 93.8 cm³/mol. The quantitative estimate of drug-likeness (QED) is 0.678. The largest absolute Gasteiger partial charge is 0.478 e. The van der Waals surface area contributed by atoms with E-state index in [-0.39, 0.29) is 23.0 Å². The highest BCUT2D eigenvalue weighted by Gasteiger charge is 2.35. The fourth-order valence-electron chi connectivity index (χ4n) is 4.85. The van der Waals surface area contributed by atoms with Gasteiger partial charge in [0.15, 0.2) is 0 Å². The Morgan fingerprint density at radius 3 is 1.21 bits per heavy atom. The van der Waals surface area contributed by atoms with Crippen molar-refractivity contribution < 1.29 is 19.8 Å². The van der Waals surface area contributed by atoms with Gasteiger partial charge in [-0.1, -0.05) is 52.4 Å². The topological polar surface area (TPSA) is 74.6 Å². The van der Waals surface area contributed by atoms with Gasteiger partial charge in [0.05, 0.1) is 11.1 Å². The van der Waals surface area contributed by atoms with Crippen LogP contribution in [0.2, 0.25) is 0 Å². The first-order valence-electron chi connectivity index (χ1n) is 9.64. The molecule has 2 fully saturated rings. The smallest absolute Gasteiger partial charge is 0.332 e. The van der Waals surface area contributed by atoms with E-state index in [9.17, 15) is 19.8 Å². The highest BCUT2D eigenvalue weighted by molar-refractivity contribution is 5.99. The number of carbonyl (C=O) groups is 2. The number of hydrogen-bond acceptors (Lipinski definition) is 2. The van der Waals surface area contributed by atoms with Gasteiger partial charge in [0.25, 0.3) is 0 Å². The summed E-state index contributed by atoms with van der Waals surface area (Å²) in [4.78, 5) is 24.0. The molecular formula is C20H32O4. The van der Waals surface area contributed by atoms with Crippen molar-refractivity contribution in [3.63, 3.8) is 0 Å². The second-order valence-electron chi connectivity index (χ2n) is 7.81. The van der Waals surface area contributed by atoms with E-state index in [0.29, 0.717) is 11.8 Å². The maximum atomic E-state index is 12.0. The van der Waals surface area contributed by atoms with Gasteiger partial charge in [-0.05, 0) is 49.4 Å². The molecule has 0 spiro atoms. The Bertz CT molecular complexity index is 438. The van der Waals surface area contributed by atoms with Crippen molar-refractivity contribution in [3.05, 3.63) is 11.1 Å². The van der Waals surface area contributed by atoms with Crippen LogP contribution in [0.1, 0.15) is 78.1 Å². The van der Waals surface area contributed by atoms with Crippen LogP contribution in [-0.2, 0) is 9.59 Å². The average Bonchev–Trinajstić information content (AvgIpc) is 2.59. The minimum atomic E-state index is -1.03. The summed E-state index contributed by atoms with van der Waals surface area (Å²) >= 11 is 0. The van der Waals surface area contributed by atoms with E-state index in [1.807, 2.05) is 13.8 Å². The van der Waals surface area contributed by atoms with Gasteiger partial charge in [-0.3, -0.25) is 0 Å². The van der Waals surface area contributed by atoms with E-state index in [4.69, 9.17) is 0 Å². The Labute approximate surface area is 145 Å². The molecule has 0 radical (unpaired) electrons. The van der Waals surface area contributed by atoms with Crippen LogP contribution < -0.4 is 0 Å². The fraction of sp³-hybridized carbons (Fsp3) is 0.800. The lowest BCUT2D eigenvalue weighted by Crippen LogP contribution is -2.29. The lowest BCUT2D eigenvalue weighted by atomic mass is 9.71. The molecule has 2 rings (SSSR count). The van der Waals surface area contributed by atoms with E-state index in [2.05, 4.69) is 0 Å². The monoisotopic (exact) mass is 336 g/mol. The van der Waals surface area contributed by atoms with Crippen molar-refractivity contribution in [1.29, 1.82) is 0 Å². The Hall–Kier alpha value is -1.32. The number of hydrogen-bond donors (Lipinski definition) is 2. The summed E-state index contributed by atoms with van der Waals surface area (Å²) in [6, 6.07) is 0. The Kier molecular flexibility index (Phi) is 6.88. The third kappa shape index (κ3) is 4.40. The van der Waals surface area contributed by atoms with Crippen LogP contribution in [0.5, 0.6) is 0 Å². The molecule has 0 aliphatic heterocycles. The molecule has 0 aromatic heterocycles. The number of carboxylic acid groups (broad SMARTS) is 2. The van der Waals surface area contributed by atoms with Crippen LogP contribution in [0.4, 0.5) is 0 Å². The molecular weight excluding hydrogens is 304 g/mol. The molecule has 0 aromatic carbocycles. The number of rotatable bonds is 6. The van der Waals surface area contributed by atoms with E-state index in [0.717, 1.165) is 51.4 Å². The van der Waals surface area contributed by atoms with Crippen LogP contribution in [0.15, 0.2) is 11.1 Å². The van der Waals surface area contributed by atoms with Crippen LogP contribution in [-0.4, -0.2) is 22.2 Å². The second kappa shape index (κ2) is 8.68. The molecule has 2 aliphatic carbocycles. The molecule has 0 saturated heterocycles. The summed E-state index contributed by atoms with van der Waals surface area (Å²) in [5.41, 5.74) is 0.347. The molecule has 2 aliphatic rings. The lowest BCUT2D eigenvalue weighted by molar-refractivity contribution is -0.137. The molecule has 2 saturated carbocycles. The average molecular weight is 336 g/mol. The van der Waals surface area contributed by atoms with E-state index < -0.39 is 11.9 Å². The zero-order valence-corrected chi connectivity index (χ0v) is 15.1. The summed E-state index contributed by atoms with van der Waals surface area (Å²) in [7, 11) is 0. The Balaban J connectivity index is 2.34. The molecule has 2 unspecified atom stereocenters. The van der Waals surface area contributed by atoms with Crippen LogP contribution in [0, 0.1) is 23.7 Å². The first kappa shape index (κ1) is 19.0. The molecule has 24 heavy (non-hydrogen) atoms. The van der Waals surface area contributed by atoms with E-state index >= 15 is 0 Å². The maximum Gasteiger partial charge on any atom is 0.332 e. The maximum absolute atomic E-state index is 12.0. The second-order valence-corrected chi connectivity index (χ2v) is 7.81. The van der Waals surface area contributed by atoms with Gasteiger partial charge in [-0.25, -0.2) is 9.59 Å². The van der Waals surface area contributed by atoms with Crippen molar-refractivity contribution in [1.82, 2.24) is 0 Å². The first-order chi connectivity index (χ1) is 11.4. The Morgan fingerprint density at radius 2 is 0.958 bits per heavy atom. The molecule has 2 atom stereocenters. The lowest BCUT2D eigenvalue weighted by Gasteiger charge is -2.32. The van der Waals surface area contributed by atoms with Crippen molar-refractivity contribution >= 4 is 11.9 Å². The van der Waals surface area contributed by atoms with Crippen LogP contribution >= 0.6 is 0 Å². The van der Waals surface area contributed by atoms with Gasteiger partial charge in [-0.15, -0.1) is 0 Å².